The molecule has 126 valence electrons. The Balaban J connectivity index is 1.86. The number of carbonyl (C=O) groups is 2. The van der Waals surface area contributed by atoms with Crippen LogP contribution in [0.25, 0.3) is 0 Å². The van der Waals surface area contributed by atoms with Gasteiger partial charge >= 0.3 is 0 Å². The molecule has 0 atom stereocenters. The lowest BCUT2D eigenvalue weighted by Gasteiger charge is -2.35. The lowest BCUT2D eigenvalue weighted by atomic mass is 9.78. The molecule has 23 heavy (non-hydrogen) atoms. The predicted molar refractivity (Wildman–Crippen MR) is 84.5 cm³/mol. The molecular formula is C16H22FN3O3. The molecule has 0 radical (unpaired) electrons. The predicted octanol–water partition coefficient (Wildman–Crippen LogP) is 0.897. The van der Waals surface area contributed by atoms with Gasteiger partial charge in [0.05, 0.1) is 18.6 Å². The van der Waals surface area contributed by atoms with Crippen LogP contribution in [-0.2, 0) is 14.3 Å². The van der Waals surface area contributed by atoms with E-state index in [-0.39, 0.29) is 24.2 Å². The smallest absolute Gasteiger partial charge is 0.243 e. The highest BCUT2D eigenvalue weighted by Crippen LogP contribution is 2.29. The first-order chi connectivity index (χ1) is 11.1. The molecule has 1 aromatic rings. The van der Waals surface area contributed by atoms with Crippen molar-refractivity contribution in [2.45, 2.75) is 12.8 Å². The molecule has 2 rings (SSSR count). The van der Waals surface area contributed by atoms with Gasteiger partial charge in [0.1, 0.15) is 5.82 Å². The summed E-state index contributed by atoms with van der Waals surface area (Å²) in [5, 5.41) is 8.49. The van der Waals surface area contributed by atoms with Gasteiger partial charge in [0.25, 0.3) is 0 Å². The van der Waals surface area contributed by atoms with Gasteiger partial charge in [-0.1, -0.05) is 0 Å². The third-order valence-electron chi connectivity index (χ3n) is 4.00. The third-order valence-corrected chi connectivity index (χ3v) is 4.00. The molecule has 0 spiro atoms. The molecule has 1 saturated heterocycles. The second-order valence-corrected chi connectivity index (χ2v) is 5.70. The normalized spacial score (nSPS) is 16.6. The molecule has 1 fully saturated rings. The largest absolute Gasteiger partial charge is 0.384 e. The van der Waals surface area contributed by atoms with E-state index < -0.39 is 5.41 Å². The van der Waals surface area contributed by atoms with E-state index in [9.17, 15) is 14.0 Å². The maximum absolute atomic E-state index is 12.8. The molecule has 0 unspecified atom stereocenters. The van der Waals surface area contributed by atoms with E-state index in [1.54, 1.807) is 7.11 Å². The molecule has 0 aromatic heterocycles. The van der Waals surface area contributed by atoms with Gasteiger partial charge < -0.3 is 20.7 Å². The first-order valence-electron chi connectivity index (χ1n) is 7.59. The van der Waals surface area contributed by atoms with Crippen molar-refractivity contribution >= 4 is 17.5 Å². The Labute approximate surface area is 134 Å². The average Bonchev–Trinajstić information content (AvgIpc) is 2.56. The van der Waals surface area contributed by atoms with E-state index in [4.69, 9.17) is 4.74 Å². The number of nitrogens with one attached hydrogen (secondary N) is 3. The van der Waals surface area contributed by atoms with Crippen molar-refractivity contribution < 1.29 is 18.7 Å². The van der Waals surface area contributed by atoms with Gasteiger partial charge in [0.2, 0.25) is 11.8 Å². The van der Waals surface area contributed by atoms with Crippen LogP contribution in [0.2, 0.25) is 0 Å². The lowest BCUT2D eigenvalue weighted by molar-refractivity contribution is -0.137. The van der Waals surface area contributed by atoms with Crippen molar-refractivity contribution in [3.05, 3.63) is 30.1 Å². The SMILES string of the molecule is COCC1(C(=O)NCC(=O)Nc2ccc(F)cc2)CCNCC1. The zero-order valence-corrected chi connectivity index (χ0v) is 13.2. The fraction of sp³-hybridized carbons (Fsp3) is 0.500. The summed E-state index contributed by atoms with van der Waals surface area (Å²) in [7, 11) is 1.57. The Morgan fingerprint density at radius 1 is 1.26 bits per heavy atom. The quantitative estimate of drug-likeness (QED) is 0.727. The van der Waals surface area contributed by atoms with E-state index in [1.807, 2.05) is 0 Å². The topological polar surface area (TPSA) is 79.5 Å². The highest BCUT2D eigenvalue weighted by atomic mass is 19.1. The minimum absolute atomic E-state index is 0.130. The van der Waals surface area contributed by atoms with Gasteiger partial charge in [-0.15, -0.1) is 0 Å². The number of anilines is 1. The van der Waals surface area contributed by atoms with Gasteiger partial charge in [-0.2, -0.15) is 0 Å². The fourth-order valence-electron chi connectivity index (χ4n) is 2.71. The van der Waals surface area contributed by atoms with Crippen molar-refractivity contribution in [1.29, 1.82) is 0 Å². The molecular weight excluding hydrogens is 301 g/mol. The monoisotopic (exact) mass is 323 g/mol. The maximum Gasteiger partial charge on any atom is 0.243 e. The first kappa shape index (κ1) is 17.4. The Kier molecular flexibility index (Phi) is 6.06. The number of ether oxygens (including phenoxy) is 1. The second-order valence-electron chi connectivity index (χ2n) is 5.70. The van der Waals surface area contributed by atoms with Gasteiger partial charge in [-0.25, -0.2) is 4.39 Å². The van der Waals surface area contributed by atoms with E-state index in [2.05, 4.69) is 16.0 Å². The Bertz CT molecular complexity index is 536. The molecule has 2 amide bonds. The minimum atomic E-state index is -0.587. The van der Waals surface area contributed by atoms with Crippen LogP contribution in [-0.4, -0.2) is 45.2 Å². The Morgan fingerprint density at radius 2 is 1.91 bits per heavy atom. The molecule has 0 saturated carbocycles. The number of hydrogen-bond donors (Lipinski definition) is 3. The number of amides is 2. The highest BCUT2D eigenvalue weighted by Gasteiger charge is 2.39. The molecule has 0 bridgehead atoms. The summed E-state index contributed by atoms with van der Waals surface area (Å²) in [6.45, 7) is 1.70. The summed E-state index contributed by atoms with van der Waals surface area (Å²) in [6.07, 6.45) is 1.35. The summed E-state index contributed by atoms with van der Waals surface area (Å²) in [4.78, 5) is 24.3. The number of piperidine rings is 1. The van der Waals surface area contributed by atoms with E-state index >= 15 is 0 Å². The number of carbonyl (C=O) groups excluding carboxylic acids is 2. The first-order valence-corrected chi connectivity index (χ1v) is 7.59. The van der Waals surface area contributed by atoms with Gasteiger partial charge in [0.15, 0.2) is 0 Å². The molecule has 6 nitrogen and oxygen atoms in total. The maximum atomic E-state index is 12.8. The van der Waals surface area contributed by atoms with E-state index in [0.717, 1.165) is 13.1 Å². The zero-order valence-electron chi connectivity index (χ0n) is 13.2. The summed E-state index contributed by atoms with van der Waals surface area (Å²) in [5.74, 6) is -0.898. The van der Waals surface area contributed by atoms with Crippen molar-refractivity contribution in [2.24, 2.45) is 5.41 Å². The van der Waals surface area contributed by atoms with Gasteiger partial charge in [-0.05, 0) is 50.2 Å². The molecule has 1 aliphatic rings. The zero-order chi connectivity index (χ0) is 16.7. The fourth-order valence-corrected chi connectivity index (χ4v) is 2.71. The Morgan fingerprint density at radius 3 is 2.52 bits per heavy atom. The van der Waals surface area contributed by atoms with Crippen molar-refractivity contribution in [2.75, 3.05) is 38.7 Å². The summed E-state index contributed by atoms with van der Waals surface area (Å²) in [6, 6.07) is 5.45. The van der Waals surface area contributed by atoms with Crippen molar-refractivity contribution in [1.82, 2.24) is 10.6 Å². The van der Waals surface area contributed by atoms with Gasteiger partial charge in [-0.3, -0.25) is 9.59 Å². The molecule has 0 aliphatic carbocycles. The summed E-state index contributed by atoms with van der Waals surface area (Å²) >= 11 is 0. The van der Waals surface area contributed by atoms with Crippen LogP contribution in [0.4, 0.5) is 10.1 Å². The van der Waals surface area contributed by atoms with E-state index in [0.29, 0.717) is 25.1 Å². The van der Waals surface area contributed by atoms with Crippen LogP contribution >= 0.6 is 0 Å². The molecule has 3 N–H and O–H groups in total. The third kappa shape index (κ3) is 4.74. The Hall–Kier alpha value is -1.99. The van der Waals surface area contributed by atoms with Crippen LogP contribution in [0.15, 0.2) is 24.3 Å². The molecule has 1 heterocycles. The average molecular weight is 323 g/mol. The standard InChI is InChI=1S/C16H22FN3O3/c1-23-11-16(6-8-18-9-7-16)15(22)19-10-14(21)20-13-4-2-12(17)3-5-13/h2-5,18H,6-11H2,1H3,(H,19,22)(H,20,21). The van der Waals surface area contributed by atoms with Crippen molar-refractivity contribution in [3.63, 3.8) is 0 Å². The van der Waals surface area contributed by atoms with Crippen LogP contribution in [0.5, 0.6) is 0 Å². The van der Waals surface area contributed by atoms with E-state index in [1.165, 1.54) is 24.3 Å². The molecule has 1 aliphatic heterocycles. The number of hydrogen-bond acceptors (Lipinski definition) is 4. The summed E-state index contributed by atoms with van der Waals surface area (Å²) in [5.41, 5.74) is -0.102. The second kappa shape index (κ2) is 8.03. The van der Waals surface area contributed by atoms with Gasteiger partial charge in [0, 0.05) is 12.8 Å². The number of rotatable bonds is 6. The molecule has 1 aromatic carbocycles. The number of methoxy groups -OCH3 is 1. The highest BCUT2D eigenvalue weighted by molar-refractivity contribution is 5.95. The van der Waals surface area contributed by atoms with Crippen molar-refractivity contribution in [3.8, 4) is 0 Å². The minimum Gasteiger partial charge on any atom is -0.384 e. The molecule has 7 heteroatoms. The number of halogens is 1. The summed E-state index contributed by atoms with van der Waals surface area (Å²) < 4.78 is 18.0. The van der Waals surface area contributed by atoms with Crippen LogP contribution in [0, 0.1) is 11.2 Å². The van der Waals surface area contributed by atoms with Crippen LogP contribution in [0.3, 0.4) is 0 Å². The van der Waals surface area contributed by atoms with Crippen LogP contribution in [0.1, 0.15) is 12.8 Å². The number of benzene rings is 1. The van der Waals surface area contributed by atoms with Crippen LogP contribution < -0.4 is 16.0 Å². The lowest BCUT2D eigenvalue weighted by Crippen LogP contribution is -2.51.